The van der Waals surface area contributed by atoms with Gasteiger partial charge in [0.1, 0.15) is 0 Å². The van der Waals surface area contributed by atoms with Crippen LogP contribution >= 0.6 is 11.6 Å². The summed E-state index contributed by atoms with van der Waals surface area (Å²) in [6.45, 7) is 2.15. The van der Waals surface area contributed by atoms with Gasteiger partial charge in [-0.25, -0.2) is 0 Å². The van der Waals surface area contributed by atoms with Gasteiger partial charge >= 0.3 is 5.97 Å². The van der Waals surface area contributed by atoms with Gasteiger partial charge in [-0.05, 0) is 36.8 Å². The summed E-state index contributed by atoms with van der Waals surface area (Å²) in [5.41, 5.74) is 2.12. The molecule has 0 heterocycles. The first-order chi connectivity index (χ1) is 7.72. The summed E-state index contributed by atoms with van der Waals surface area (Å²) in [6, 6.07) is 7.94. The minimum atomic E-state index is -0.682. The highest BCUT2D eigenvalue weighted by molar-refractivity contribution is 6.29. The Morgan fingerprint density at radius 2 is 2.31 bits per heavy atom. The summed E-state index contributed by atoms with van der Waals surface area (Å²) in [5.74, 6) is 0.308. The first-order valence-electron chi connectivity index (χ1n) is 5.63. The average Bonchev–Trinajstić information content (AvgIpc) is 3.12. The Kier molecular flexibility index (Phi) is 3.49. The number of hydrogen-bond acceptors (Lipinski definition) is 2. The lowest BCUT2D eigenvalue weighted by molar-refractivity contribution is -0.142. The maximum atomic E-state index is 11.5. The van der Waals surface area contributed by atoms with E-state index in [1.807, 2.05) is 18.2 Å². The van der Waals surface area contributed by atoms with E-state index in [9.17, 15) is 4.79 Å². The third kappa shape index (κ3) is 2.56. The quantitative estimate of drug-likeness (QED) is 0.594. The van der Waals surface area contributed by atoms with Gasteiger partial charge in [-0.2, -0.15) is 0 Å². The van der Waals surface area contributed by atoms with Crippen molar-refractivity contribution in [3.8, 4) is 0 Å². The van der Waals surface area contributed by atoms with Crippen LogP contribution in [0.15, 0.2) is 24.3 Å². The minimum Gasteiger partial charge on any atom is -0.465 e. The van der Waals surface area contributed by atoms with E-state index >= 15 is 0 Å². The SMILES string of the molecule is CCOC(=O)C(Cl)c1cccc(C2CC2)c1. The zero-order valence-corrected chi connectivity index (χ0v) is 10.0. The van der Waals surface area contributed by atoms with Gasteiger partial charge in [-0.3, -0.25) is 4.79 Å². The zero-order chi connectivity index (χ0) is 11.5. The van der Waals surface area contributed by atoms with E-state index in [1.54, 1.807) is 6.92 Å². The lowest BCUT2D eigenvalue weighted by Crippen LogP contribution is -2.11. The molecule has 0 amide bonds. The van der Waals surface area contributed by atoms with E-state index in [0.717, 1.165) is 5.56 Å². The fourth-order valence-electron chi connectivity index (χ4n) is 1.74. The number of esters is 1. The lowest BCUT2D eigenvalue weighted by atomic mass is 10.0. The van der Waals surface area contributed by atoms with Crippen LogP contribution in [0.25, 0.3) is 0 Å². The van der Waals surface area contributed by atoms with Gasteiger partial charge in [0.2, 0.25) is 0 Å². The standard InChI is InChI=1S/C13H15ClO2/c1-2-16-13(15)12(14)11-5-3-4-10(8-11)9-6-7-9/h3-5,8-9,12H,2,6-7H2,1H3. The number of rotatable bonds is 4. The summed E-state index contributed by atoms with van der Waals surface area (Å²) in [6.07, 6.45) is 2.49. The van der Waals surface area contributed by atoms with Crippen LogP contribution in [0.5, 0.6) is 0 Å². The van der Waals surface area contributed by atoms with Crippen LogP contribution in [-0.4, -0.2) is 12.6 Å². The van der Waals surface area contributed by atoms with Crippen LogP contribution in [0.1, 0.15) is 42.2 Å². The molecule has 16 heavy (non-hydrogen) atoms. The Balaban J connectivity index is 2.12. The molecular formula is C13H15ClO2. The number of hydrogen-bond donors (Lipinski definition) is 0. The predicted molar refractivity (Wildman–Crippen MR) is 63.6 cm³/mol. The van der Waals surface area contributed by atoms with Crippen LogP contribution < -0.4 is 0 Å². The number of halogens is 1. The Morgan fingerprint density at radius 3 is 2.94 bits per heavy atom. The molecule has 0 N–H and O–H groups in total. The molecule has 0 aliphatic heterocycles. The van der Waals surface area contributed by atoms with Crippen LogP contribution in [0, 0.1) is 0 Å². The van der Waals surface area contributed by atoms with Crippen molar-refractivity contribution >= 4 is 17.6 Å². The molecule has 0 spiro atoms. The number of alkyl halides is 1. The van der Waals surface area contributed by atoms with Crippen molar-refractivity contribution in [3.05, 3.63) is 35.4 Å². The van der Waals surface area contributed by atoms with Crippen molar-refractivity contribution in [2.24, 2.45) is 0 Å². The molecule has 0 radical (unpaired) electrons. The second-order valence-corrected chi connectivity index (χ2v) is 4.50. The number of benzene rings is 1. The summed E-state index contributed by atoms with van der Waals surface area (Å²) in [4.78, 5) is 11.5. The lowest BCUT2D eigenvalue weighted by Gasteiger charge is -2.10. The molecule has 0 aromatic heterocycles. The van der Waals surface area contributed by atoms with Crippen molar-refractivity contribution in [1.29, 1.82) is 0 Å². The van der Waals surface area contributed by atoms with Gasteiger partial charge in [0.15, 0.2) is 5.38 Å². The van der Waals surface area contributed by atoms with Crippen LogP contribution in [0.3, 0.4) is 0 Å². The summed E-state index contributed by atoms with van der Waals surface area (Å²) < 4.78 is 4.90. The Labute approximate surface area is 101 Å². The molecule has 1 aromatic carbocycles. The molecule has 1 fully saturated rings. The molecular weight excluding hydrogens is 224 g/mol. The number of carbonyl (C=O) groups is 1. The average molecular weight is 239 g/mol. The van der Waals surface area contributed by atoms with Gasteiger partial charge in [0.05, 0.1) is 6.61 Å². The van der Waals surface area contributed by atoms with E-state index in [0.29, 0.717) is 12.5 Å². The van der Waals surface area contributed by atoms with Gasteiger partial charge in [-0.15, -0.1) is 11.6 Å². The third-order valence-electron chi connectivity index (χ3n) is 2.75. The zero-order valence-electron chi connectivity index (χ0n) is 9.28. The Morgan fingerprint density at radius 1 is 1.56 bits per heavy atom. The molecule has 1 atom stereocenters. The number of ether oxygens (including phenoxy) is 1. The van der Waals surface area contributed by atoms with Crippen LogP contribution in [0.2, 0.25) is 0 Å². The summed E-state index contributed by atoms with van der Waals surface area (Å²) in [7, 11) is 0. The summed E-state index contributed by atoms with van der Waals surface area (Å²) in [5, 5.41) is -0.682. The molecule has 1 saturated carbocycles. The van der Waals surface area contributed by atoms with Crippen molar-refractivity contribution in [2.45, 2.75) is 31.1 Å². The Hall–Kier alpha value is -1.02. The maximum Gasteiger partial charge on any atom is 0.328 e. The highest BCUT2D eigenvalue weighted by Gasteiger charge is 2.25. The van der Waals surface area contributed by atoms with Gasteiger partial charge in [0, 0.05) is 0 Å². The van der Waals surface area contributed by atoms with E-state index in [-0.39, 0.29) is 5.97 Å². The molecule has 3 heteroatoms. The van der Waals surface area contributed by atoms with Crippen LogP contribution in [0.4, 0.5) is 0 Å². The number of carbonyl (C=O) groups excluding carboxylic acids is 1. The highest BCUT2D eigenvalue weighted by Crippen LogP contribution is 2.40. The first kappa shape index (κ1) is 11.5. The van der Waals surface area contributed by atoms with Gasteiger partial charge in [-0.1, -0.05) is 24.3 Å². The Bertz CT molecular complexity index is 385. The topological polar surface area (TPSA) is 26.3 Å². The van der Waals surface area contributed by atoms with E-state index in [1.165, 1.54) is 18.4 Å². The fraction of sp³-hybridized carbons (Fsp3) is 0.462. The molecule has 1 unspecified atom stereocenters. The molecule has 1 aliphatic rings. The van der Waals surface area contributed by atoms with E-state index < -0.39 is 5.38 Å². The van der Waals surface area contributed by atoms with Crippen molar-refractivity contribution in [2.75, 3.05) is 6.61 Å². The first-order valence-corrected chi connectivity index (χ1v) is 6.06. The smallest absolute Gasteiger partial charge is 0.328 e. The minimum absolute atomic E-state index is 0.364. The molecule has 1 aromatic rings. The highest BCUT2D eigenvalue weighted by atomic mass is 35.5. The second kappa shape index (κ2) is 4.88. The molecule has 2 rings (SSSR count). The van der Waals surface area contributed by atoms with Crippen LogP contribution in [-0.2, 0) is 9.53 Å². The van der Waals surface area contributed by atoms with E-state index in [2.05, 4.69) is 6.07 Å². The summed E-state index contributed by atoms with van der Waals surface area (Å²) >= 11 is 6.06. The largest absolute Gasteiger partial charge is 0.465 e. The molecule has 1 aliphatic carbocycles. The second-order valence-electron chi connectivity index (χ2n) is 4.06. The maximum absolute atomic E-state index is 11.5. The van der Waals surface area contributed by atoms with Gasteiger partial charge < -0.3 is 4.74 Å². The van der Waals surface area contributed by atoms with Crippen molar-refractivity contribution in [3.63, 3.8) is 0 Å². The van der Waals surface area contributed by atoms with Crippen molar-refractivity contribution in [1.82, 2.24) is 0 Å². The van der Waals surface area contributed by atoms with E-state index in [4.69, 9.17) is 16.3 Å². The fourth-order valence-corrected chi connectivity index (χ4v) is 1.94. The molecule has 0 saturated heterocycles. The third-order valence-corrected chi connectivity index (χ3v) is 3.18. The van der Waals surface area contributed by atoms with Gasteiger partial charge in [0.25, 0.3) is 0 Å². The predicted octanol–water partition coefficient (Wildman–Crippen LogP) is 3.41. The monoisotopic (exact) mass is 238 g/mol. The molecule has 0 bridgehead atoms. The van der Waals surface area contributed by atoms with Crippen molar-refractivity contribution < 1.29 is 9.53 Å². The normalized spacial score (nSPS) is 16.9. The molecule has 2 nitrogen and oxygen atoms in total. The molecule has 86 valence electrons.